The highest BCUT2D eigenvalue weighted by Gasteiger charge is 2.31. The van der Waals surface area contributed by atoms with E-state index in [1.807, 2.05) is 35.8 Å². The Labute approximate surface area is 234 Å². The van der Waals surface area contributed by atoms with Crippen LogP contribution in [0.5, 0.6) is 5.75 Å². The summed E-state index contributed by atoms with van der Waals surface area (Å²) in [5, 5.41) is 12.1. The molecule has 0 bridgehead atoms. The number of fused-ring (bicyclic) bond motifs is 1. The molecule has 1 heterocycles. The van der Waals surface area contributed by atoms with Gasteiger partial charge >= 0.3 is 12.3 Å². The zero-order valence-electron chi connectivity index (χ0n) is 22.6. The van der Waals surface area contributed by atoms with Gasteiger partial charge in [0.05, 0.1) is 22.6 Å². The number of aliphatic carboxylic acids is 1. The van der Waals surface area contributed by atoms with E-state index in [-0.39, 0.29) is 11.3 Å². The summed E-state index contributed by atoms with van der Waals surface area (Å²) in [6.07, 6.45) is -3.10. The number of hydrogen-bond donors (Lipinski definition) is 2. The van der Waals surface area contributed by atoms with Crippen LogP contribution in [0.15, 0.2) is 85.0 Å². The van der Waals surface area contributed by atoms with Gasteiger partial charge in [-0.15, -0.1) is 13.2 Å². The van der Waals surface area contributed by atoms with Gasteiger partial charge in [-0.25, -0.2) is 9.78 Å². The van der Waals surface area contributed by atoms with Crippen molar-refractivity contribution < 1.29 is 32.6 Å². The number of imidazole rings is 1. The van der Waals surface area contributed by atoms with Crippen LogP contribution >= 0.6 is 0 Å². The zero-order valence-corrected chi connectivity index (χ0v) is 22.6. The highest BCUT2D eigenvalue weighted by molar-refractivity contribution is 6.04. The highest BCUT2D eigenvalue weighted by atomic mass is 19.4. The fourth-order valence-corrected chi connectivity index (χ4v) is 4.53. The molecule has 2 N–H and O–H groups in total. The number of aromatic nitrogens is 2. The second kappa shape index (κ2) is 11.7. The van der Waals surface area contributed by atoms with E-state index in [2.05, 4.69) is 21.6 Å². The van der Waals surface area contributed by atoms with Crippen LogP contribution in [0.4, 0.5) is 13.2 Å². The summed E-state index contributed by atoms with van der Waals surface area (Å²) in [4.78, 5) is 29.0. The first-order valence-corrected chi connectivity index (χ1v) is 12.7. The molecule has 0 unspecified atom stereocenters. The predicted molar refractivity (Wildman–Crippen MR) is 149 cm³/mol. The monoisotopic (exact) mass is 563 g/mol. The van der Waals surface area contributed by atoms with Gasteiger partial charge in [0.2, 0.25) is 0 Å². The van der Waals surface area contributed by atoms with Crippen LogP contribution in [0.1, 0.15) is 52.8 Å². The van der Waals surface area contributed by atoms with Crippen LogP contribution < -0.4 is 10.1 Å². The van der Waals surface area contributed by atoms with E-state index < -0.39 is 24.3 Å². The Morgan fingerprint density at radius 3 is 2.41 bits per heavy atom. The molecule has 10 heteroatoms. The van der Waals surface area contributed by atoms with Crippen molar-refractivity contribution in [3.05, 3.63) is 113 Å². The molecule has 0 saturated carbocycles. The first-order chi connectivity index (χ1) is 19.4. The smallest absolute Gasteiger partial charge is 0.478 e. The Kier molecular flexibility index (Phi) is 8.32. The number of amides is 1. The Morgan fingerprint density at radius 2 is 1.78 bits per heavy atom. The maximum atomic E-state index is 13.1. The number of hydrogen-bond acceptors (Lipinski definition) is 4. The topological polar surface area (TPSA) is 93.5 Å². The van der Waals surface area contributed by atoms with E-state index in [1.165, 1.54) is 18.2 Å². The lowest BCUT2D eigenvalue weighted by atomic mass is 9.98. The van der Waals surface area contributed by atoms with Gasteiger partial charge < -0.3 is 19.7 Å². The van der Waals surface area contributed by atoms with Gasteiger partial charge in [0.1, 0.15) is 11.6 Å². The zero-order chi connectivity index (χ0) is 29.9. The maximum Gasteiger partial charge on any atom is 0.573 e. The van der Waals surface area contributed by atoms with Crippen molar-refractivity contribution in [3.63, 3.8) is 0 Å². The molecule has 0 radical (unpaired) electrons. The second-order valence-electron chi connectivity index (χ2n) is 9.45. The van der Waals surface area contributed by atoms with Crippen molar-refractivity contribution in [1.82, 2.24) is 14.9 Å². The normalized spacial score (nSPS) is 12.7. The predicted octanol–water partition coefficient (Wildman–Crippen LogP) is 6.83. The number of benzene rings is 3. The SMILES string of the molecule is C=C(C(=O)O)/C(=C\C)c1ccc(Cn2c(C)nc3ccc(C(=O)N[C@@H](C)c4cccc(OC(F)(F)F)c4)cc32)cc1. The Hall–Kier alpha value is -4.86. The van der Waals surface area contributed by atoms with Gasteiger partial charge in [-0.05, 0) is 73.4 Å². The van der Waals surface area contributed by atoms with Crippen molar-refractivity contribution >= 4 is 28.5 Å². The van der Waals surface area contributed by atoms with Crippen molar-refractivity contribution in [2.24, 2.45) is 0 Å². The van der Waals surface area contributed by atoms with E-state index in [4.69, 9.17) is 0 Å². The molecule has 0 fully saturated rings. The van der Waals surface area contributed by atoms with Crippen LogP contribution in [0.2, 0.25) is 0 Å². The van der Waals surface area contributed by atoms with Crippen molar-refractivity contribution in [2.75, 3.05) is 0 Å². The van der Waals surface area contributed by atoms with E-state index in [9.17, 15) is 27.9 Å². The molecule has 4 aromatic rings. The number of carbonyl (C=O) groups excluding carboxylic acids is 1. The lowest BCUT2D eigenvalue weighted by Crippen LogP contribution is -2.26. The summed E-state index contributed by atoms with van der Waals surface area (Å²) < 4.78 is 43.8. The molecule has 0 saturated heterocycles. The van der Waals surface area contributed by atoms with Gasteiger partial charge in [0.25, 0.3) is 5.91 Å². The van der Waals surface area contributed by atoms with Crippen LogP contribution in [-0.2, 0) is 11.3 Å². The quantitative estimate of drug-likeness (QED) is 0.172. The Morgan fingerprint density at radius 1 is 1.10 bits per heavy atom. The number of allylic oxidation sites excluding steroid dienone is 1. The molecule has 0 aliphatic rings. The van der Waals surface area contributed by atoms with Crippen LogP contribution in [0, 0.1) is 6.92 Å². The summed E-state index contributed by atoms with van der Waals surface area (Å²) in [6, 6.07) is 17.5. The summed E-state index contributed by atoms with van der Waals surface area (Å²) in [5.41, 5.74) is 4.50. The number of nitrogens with zero attached hydrogens (tertiary/aromatic N) is 2. The summed E-state index contributed by atoms with van der Waals surface area (Å²) in [6.45, 7) is 9.40. The Balaban J connectivity index is 1.54. The second-order valence-corrected chi connectivity index (χ2v) is 9.45. The largest absolute Gasteiger partial charge is 0.573 e. The molecule has 7 nitrogen and oxygen atoms in total. The number of alkyl halides is 3. The average molecular weight is 564 g/mol. The lowest BCUT2D eigenvalue weighted by molar-refractivity contribution is -0.274. The van der Waals surface area contributed by atoms with E-state index in [0.717, 1.165) is 22.5 Å². The van der Waals surface area contributed by atoms with Crippen LogP contribution in [0.25, 0.3) is 16.6 Å². The number of aryl methyl sites for hydroxylation is 1. The number of nitrogens with one attached hydrogen (secondary N) is 1. The van der Waals surface area contributed by atoms with E-state index >= 15 is 0 Å². The molecular formula is C31H28F3N3O4. The minimum Gasteiger partial charge on any atom is -0.478 e. The van der Waals surface area contributed by atoms with Gasteiger partial charge in [0, 0.05) is 12.1 Å². The van der Waals surface area contributed by atoms with Crippen LogP contribution in [0.3, 0.4) is 0 Å². The third kappa shape index (κ3) is 6.84. The number of rotatable bonds is 9. The third-order valence-corrected chi connectivity index (χ3v) is 6.62. The molecule has 0 aliphatic carbocycles. The van der Waals surface area contributed by atoms with Gasteiger partial charge in [0.15, 0.2) is 0 Å². The molecule has 3 aromatic carbocycles. The minimum absolute atomic E-state index is 0.0131. The summed E-state index contributed by atoms with van der Waals surface area (Å²) >= 11 is 0. The van der Waals surface area contributed by atoms with E-state index in [1.54, 1.807) is 44.2 Å². The fourth-order valence-electron chi connectivity index (χ4n) is 4.53. The molecule has 1 atom stereocenters. The molecule has 4 rings (SSSR count). The first kappa shape index (κ1) is 29.1. The average Bonchev–Trinajstić information content (AvgIpc) is 3.22. The van der Waals surface area contributed by atoms with E-state index in [0.29, 0.717) is 28.8 Å². The fraction of sp³-hybridized carbons (Fsp3) is 0.194. The standard InChI is InChI=1S/C31H28F3N3O4/c1-5-26(18(2)30(39)40)22-11-9-21(10-12-22)17-37-20(4)36-27-14-13-24(16-28(27)37)29(38)35-19(3)23-7-6-8-25(15-23)41-31(32,33)34/h5-16,19H,2,17H2,1,3-4H3,(H,35,38)(H,39,40)/b26-5+/t19-/m0/s1. The summed E-state index contributed by atoms with van der Waals surface area (Å²) in [7, 11) is 0. The summed E-state index contributed by atoms with van der Waals surface area (Å²) in [5.74, 6) is -1.10. The van der Waals surface area contributed by atoms with Crippen molar-refractivity contribution in [3.8, 4) is 5.75 Å². The van der Waals surface area contributed by atoms with Gasteiger partial charge in [-0.1, -0.05) is 49.1 Å². The van der Waals surface area contributed by atoms with Crippen molar-refractivity contribution in [2.45, 2.75) is 39.7 Å². The van der Waals surface area contributed by atoms with Gasteiger partial charge in [-0.3, -0.25) is 4.79 Å². The third-order valence-electron chi connectivity index (χ3n) is 6.62. The lowest BCUT2D eigenvalue weighted by Gasteiger charge is -2.16. The Bertz CT molecular complexity index is 1650. The molecule has 212 valence electrons. The van der Waals surface area contributed by atoms with Crippen molar-refractivity contribution in [1.29, 1.82) is 0 Å². The molecule has 1 aromatic heterocycles. The number of carboxylic acid groups (broad SMARTS) is 1. The number of ether oxygens (including phenoxy) is 1. The van der Waals surface area contributed by atoms with Crippen LogP contribution in [-0.4, -0.2) is 32.9 Å². The molecule has 0 spiro atoms. The minimum atomic E-state index is -4.81. The molecule has 1 amide bonds. The molecule has 0 aliphatic heterocycles. The number of carboxylic acids is 1. The first-order valence-electron chi connectivity index (χ1n) is 12.7. The van der Waals surface area contributed by atoms with Gasteiger partial charge in [-0.2, -0.15) is 0 Å². The molecular weight excluding hydrogens is 535 g/mol. The molecule has 41 heavy (non-hydrogen) atoms. The number of halogens is 3. The maximum absolute atomic E-state index is 13.1. The highest BCUT2D eigenvalue weighted by Crippen LogP contribution is 2.27. The number of carbonyl (C=O) groups is 2.